The maximum absolute atomic E-state index is 12.7. The maximum Gasteiger partial charge on any atom is 0.342 e. The van der Waals surface area contributed by atoms with Gasteiger partial charge in [0.2, 0.25) is 5.78 Å². The summed E-state index contributed by atoms with van der Waals surface area (Å²) in [4.78, 5) is 29.4. The van der Waals surface area contributed by atoms with Crippen molar-refractivity contribution in [2.24, 2.45) is 0 Å². The van der Waals surface area contributed by atoms with Crippen LogP contribution in [0.4, 0.5) is 0 Å². The first-order valence-electron chi connectivity index (χ1n) is 9.15. The number of carbonyl (C=O) groups excluding carboxylic acids is 2. The highest BCUT2D eigenvalue weighted by Gasteiger charge is 2.23. The largest absolute Gasteiger partial charge is 0.454 e. The average molecular weight is 377 g/mol. The zero-order valence-corrected chi connectivity index (χ0v) is 16.5. The van der Waals surface area contributed by atoms with Crippen LogP contribution in [0.25, 0.3) is 5.82 Å². The third-order valence-corrected chi connectivity index (χ3v) is 4.47. The lowest BCUT2D eigenvalue weighted by Crippen LogP contribution is -2.17. The van der Waals surface area contributed by atoms with E-state index in [1.54, 1.807) is 10.9 Å². The number of pyridine rings is 1. The fraction of sp³-hybridized carbons (Fsp3) is 0.273. The van der Waals surface area contributed by atoms with E-state index in [9.17, 15) is 9.59 Å². The molecule has 0 amide bonds. The summed E-state index contributed by atoms with van der Waals surface area (Å²) in [6, 6.07) is 11.1. The highest BCUT2D eigenvalue weighted by Crippen LogP contribution is 2.23. The minimum absolute atomic E-state index is 0.0155. The molecule has 2 aromatic heterocycles. The SMILES string of the molecule is Cc1ccc(C)c(C(=O)COC(=O)c2cnn(-c3ccccn3)c2C(C)C)c1. The number of hydrogen-bond donors (Lipinski definition) is 0. The molecule has 144 valence electrons. The van der Waals surface area contributed by atoms with Gasteiger partial charge in [0.05, 0.1) is 11.9 Å². The van der Waals surface area contributed by atoms with E-state index < -0.39 is 5.97 Å². The third kappa shape index (κ3) is 4.01. The van der Waals surface area contributed by atoms with E-state index in [1.165, 1.54) is 6.20 Å². The Morgan fingerprint density at radius 3 is 2.57 bits per heavy atom. The van der Waals surface area contributed by atoms with Gasteiger partial charge in [-0.3, -0.25) is 4.79 Å². The summed E-state index contributed by atoms with van der Waals surface area (Å²) in [5.41, 5.74) is 3.45. The van der Waals surface area contributed by atoms with E-state index in [1.807, 2.05) is 64.1 Å². The molecule has 0 spiro atoms. The van der Waals surface area contributed by atoms with Gasteiger partial charge in [0, 0.05) is 11.8 Å². The van der Waals surface area contributed by atoms with Crippen molar-refractivity contribution in [2.45, 2.75) is 33.6 Å². The maximum atomic E-state index is 12.7. The van der Waals surface area contributed by atoms with Crippen molar-refractivity contribution in [3.63, 3.8) is 0 Å². The third-order valence-electron chi connectivity index (χ3n) is 4.47. The summed E-state index contributed by atoms with van der Waals surface area (Å²) in [5.74, 6) is -0.152. The molecule has 0 saturated heterocycles. The molecule has 0 aliphatic heterocycles. The second-order valence-electron chi connectivity index (χ2n) is 7.02. The van der Waals surface area contributed by atoms with Crippen molar-refractivity contribution in [1.29, 1.82) is 0 Å². The quantitative estimate of drug-likeness (QED) is 0.479. The number of aryl methyl sites for hydroxylation is 2. The predicted molar refractivity (Wildman–Crippen MR) is 106 cm³/mol. The fourth-order valence-electron chi connectivity index (χ4n) is 3.06. The van der Waals surface area contributed by atoms with Crippen LogP contribution in [0.3, 0.4) is 0 Å². The Hall–Kier alpha value is -3.28. The molecule has 6 nitrogen and oxygen atoms in total. The number of ketones is 1. The van der Waals surface area contributed by atoms with Gasteiger partial charge < -0.3 is 4.74 Å². The summed E-state index contributed by atoms with van der Waals surface area (Å²) in [7, 11) is 0. The number of hydrogen-bond acceptors (Lipinski definition) is 5. The first-order valence-corrected chi connectivity index (χ1v) is 9.15. The molecule has 1 aromatic carbocycles. The first kappa shape index (κ1) is 19.5. The summed E-state index contributed by atoms with van der Waals surface area (Å²) in [5, 5.41) is 4.31. The fourth-order valence-corrected chi connectivity index (χ4v) is 3.06. The van der Waals surface area contributed by atoms with Crippen LogP contribution >= 0.6 is 0 Å². The molecule has 28 heavy (non-hydrogen) atoms. The number of rotatable bonds is 6. The molecule has 0 aliphatic rings. The Morgan fingerprint density at radius 2 is 1.89 bits per heavy atom. The molecular formula is C22H23N3O3. The van der Waals surface area contributed by atoms with Gasteiger partial charge in [0.15, 0.2) is 12.4 Å². The van der Waals surface area contributed by atoms with Crippen LogP contribution in [-0.4, -0.2) is 33.1 Å². The molecule has 0 saturated carbocycles. The van der Waals surface area contributed by atoms with Gasteiger partial charge in [-0.05, 0) is 43.5 Å². The predicted octanol–water partition coefficient (Wildman–Crippen LogP) is 4.05. The van der Waals surface area contributed by atoms with Crippen molar-refractivity contribution < 1.29 is 14.3 Å². The molecular weight excluding hydrogens is 354 g/mol. The number of ether oxygens (including phenoxy) is 1. The van der Waals surface area contributed by atoms with E-state index in [4.69, 9.17) is 4.74 Å². The minimum Gasteiger partial charge on any atom is -0.454 e. The zero-order chi connectivity index (χ0) is 20.3. The number of esters is 1. The van der Waals surface area contributed by atoms with Crippen molar-refractivity contribution in [2.75, 3.05) is 6.61 Å². The summed E-state index contributed by atoms with van der Waals surface area (Å²) in [6.45, 7) is 7.41. The highest BCUT2D eigenvalue weighted by molar-refractivity contribution is 6.00. The molecule has 0 radical (unpaired) electrons. The Morgan fingerprint density at radius 1 is 1.11 bits per heavy atom. The number of aromatic nitrogens is 3. The number of Topliss-reactive ketones (excluding diaryl/α,β-unsaturated/α-hetero) is 1. The van der Waals surface area contributed by atoms with Crippen LogP contribution in [0.15, 0.2) is 48.8 Å². The standard InChI is InChI=1S/C22H23N3O3/c1-14(2)21-18(12-24-25(21)20-7-5-6-10-23-20)22(27)28-13-19(26)17-11-15(3)8-9-16(17)4/h5-12,14H,13H2,1-4H3. The molecule has 6 heteroatoms. The summed E-state index contributed by atoms with van der Waals surface area (Å²) >= 11 is 0. The normalized spacial score (nSPS) is 10.9. The van der Waals surface area contributed by atoms with E-state index in [0.717, 1.165) is 11.1 Å². The number of benzene rings is 1. The van der Waals surface area contributed by atoms with Crippen LogP contribution < -0.4 is 0 Å². The molecule has 3 rings (SSSR count). The van der Waals surface area contributed by atoms with Gasteiger partial charge in [-0.1, -0.05) is 37.6 Å². The van der Waals surface area contributed by atoms with Crippen molar-refractivity contribution in [1.82, 2.24) is 14.8 Å². The molecule has 0 bridgehead atoms. The highest BCUT2D eigenvalue weighted by atomic mass is 16.5. The van der Waals surface area contributed by atoms with Crippen molar-refractivity contribution in [3.8, 4) is 5.82 Å². The zero-order valence-electron chi connectivity index (χ0n) is 16.5. The van der Waals surface area contributed by atoms with Crippen LogP contribution in [0.5, 0.6) is 0 Å². The van der Waals surface area contributed by atoms with Crippen LogP contribution in [0.2, 0.25) is 0 Å². The number of nitrogens with zero attached hydrogens (tertiary/aromatic N) is 3. The molecule has 0 atom stereocenters. The minimum atomic E-state index is -0.565. The lowest BCUT2D eigenvalue weighted by atomic mass is 10.0. The van der Waals surface area contributed by atoms with Gasteiger partial charge in [-0.25, -0.2) is 14.5 Å². The average Bonchev–Trinajstić information content (AvgIpc) is 3.14. The molecule has 3 aromatic rings. The lowest BCUT2D eigenvalue weighted by molar-refractivity contribution is 0.0473. The summed E-state index contributed by atoms with van der Waals surface area (Å²) < 4.78 is 6.95. The first-order chi connectivity index (χ1) is 13.4. The van der Waals surface area contributed by atoms with Gasteiger partial charge in [0.25, 0.3) is 0 Å². The van der Waals surface area contributed by atoms with Gasteiger partial charge in [0.1, 0.15) is 5.56 Å². The van der Waals surface area contributed by atoms with Crippen LogP contribution in [-0.2, 0) is 4.74 Å². The molecule has 0 fully saturated rings. The Labute approximate surface area is 164 Å². The monoisotopic (exact) mass is 377 g/mol. The molecule has 2 heterocycles. The van der Waals surface area contributed by atoms with E-state index in [-0.39, 0.29) is 18.3 Å². The van der Waals surface area contributed by atoms with Gasteiger partial charge in [-0.2, -0.15) is 5.10 Å². The molecule has 0 N–H and O–H groups in total. The Balaban J connectivity index is 1.80. The van der Waals surface area contributed by atoms with Gasteiger partial charge >= 0.3 is 5.97 Å². The smallest absolute Gasteiger partial charge is 0.342 e. The van der Waals surface area contributed by atoms with E-state index in [0.29, 0.717) is 22.6 Å². The van der Waals surface area contributed by atoms with Crippen molar-refractivity contribution in [3.05, 3.63) is 76.7 Å². The Kier molecular flexibility index (Phi) is 5.68. The molecule has 0 unspecified atom stereocenters. The van der Waals surface area contributed by atoms with Crippen LogP contribution in [0.1, 0.15) is 57.3 Å². The Bertz CT molecular complexity index is 1010. The van der Waals surface area contributed by atoms with Crippen molar-refractivity contribution >= 4 is 11.8 Å². The van der Waals surface area contributed by atoms with E-state index >= 15 is 0 Å². The molecule has 0 aliphatic carbocycles. The topological polar surface area (TPSA) is 74.1 Å². The lowest BCUT2D eigenvalue weighted by Gasteiger charge is -2.12. The van der Waals surface area contributed by atoms with E-state index in [2.05, 4.69) is 10.1 Å². The second kappa shape index (κ2) is 8.17. The second-order valence-corrected chi connectivity index (χ2v) is 7.02. The van der Waals surface area contributed by atoms with Crippen LogP contribution in [0, 0.1) is 13.8 Å². The summed E-state index contributed by atoms with van der Waals surface area (Å²) in [6.07, 6.45) is 3.14. The number of carbonyl (C=O) groups is 2. The van der Waals surface area contributed by atoms with Gasteiger partial charge in [-0.15, -0.1) is 0 Å².